The van der Waals surface area contributed by atoms with E-state index in [2.05, 4.69) is 29.2 Å². The molecular weight excluding hydrogens is 530 g/mol. The molecule has 0 aliphatic carbocycles. The van der Waals surface area contributed by atoms with Crippen LogP contribution in [0.5, 0.6) is 5.75 Å². The third-order valence-electron chi connectivity index (χ3n) is 8.00. The van der Waals surface area contributed by atoms with Crippen LogP contribution in [0.4, 0.5) is 17.1 Å². The van der Waals surface area contributed by atoms with E-state index >= 15 is 0 Å². The molecule has 0 spiro atoms. The normalized spacial score (nSPS) is 19.1. The van der Waals surface area contributed by atoms with Gasteiger partial charge in [-0.1, -0.05) is 30.3 Å². The number of hydrazone groups is 1. The van der Waals surface area contributed by atoms with Crippen molar-refractivity contribution in [3.8, 4) is 5.75 Å². The maximum Gasteiger partial charge on any atom is 0.260 e. The molecule has 1 amide bonds. The number of hydrogen-bond donors (Lipinski definition) is 0. The molecule has 0 N–H and O–H groups in total. The zero-order valence-electron chi connectivity index (χ0n) is 24.0. The third-order valence-corrected chi connectivity index (χ3v) is 8.00. The zero-order valence-corrected chi connectivity index (χ0v) is 24.0. The lowest BCUT2D eigenvalue weighted by Crippen LogP contribution is -2.38. The van der Waals surface area contributed by atoms with Crippen LogP contribution in [0.3, 0.4) is 0 Å². The van der Waals surface area contributed by atoms with Gasteiger partial charge in [0.25, 0.3) is 5.91 Å². The van der Waals surface area contributed by atoms with Crippen molar-refractivity contribution in [1.82, 2.24) is 4.90 Å². The predicted molar refractivity (Wildman–Crippen MR) is 164 cm³/mol. The molecule has 0 bridgehead atoms. The average Bonchev–Trinajstić information content (AvgIpc) is 3.46. The summed E-state index contributed by atoms with van der Waals surface area (Å²) in [6, 6.07) is 25.9. The summed E-state index contributed by atoms with van der Waals surface area (Å²) in [5.41, 5.74) is 3.81. The topological polar surface area (TPSA) is 77.9 Å². The van der Waals surface area contributed by atoms with Crippen LogP contribution < -0.4 is 19.5 Å². The standard InChI is InChI=1S/C33H37N5O4/c1-25(39)32-34-38(29-8-4-2-5-9-29)33(37(32)28-14-12-27(13-15-28)35-20-22-41-23-21-35)26-10-16-30(17-11-26)42-24-31(40)36-18-6-3-7-19-36/h2,4-5,8-17,33H,3,6-7,18-24H2,1H3. The number of Topliss-reactive ketones (excluding diaryl/α,β-unsaturated/α-hetero) is 1. The van der Waals surface area contributed by atoms with Crippen LogP contribution in [0.25, 0.3) is 0 Å². The molecule has 3 aliphatic heterocycles. The number of anilines is 3. The molecule has 0 radical (unpaired) electrons. The van der Waals surface area contributed by atoms with Gasteiger partial charge in [0.15, 0.2) is 24.4 Å². The smallest absolute Gasteiger partial charge is 0.260 e. The number of likely N-dealkylation sites (tertiary alicyclic amines) is 1. The number of nitrogens with zero attached hydrogens (tertiary/aromatic N) is 5. The molecule has 6 rings (SSSR count). The number of para-hydroxylation sites is 1. The Morgan fingerprint density at radius 1 is 0.810 bits per heavy atom. The number of piperidine rings is 1. The maximum absolute atomic E-state index is 13.0. The highest BCUT2D eigenvalue weighted by atomic mass is 16.5. The lowest BCUT2D eigenvalue weighted by molar-refractivity contribution is -0.134. The largest absolute Gasteiger partial charge is 0.484 e. The molecule has 3 aliphatic rings. The first-order valence-electron chi connectivity index (χ1n) is 14.7. The molecule has 2 fully saturated rings. The van der Waals surface area contributed by atoms with Gasteiger partial charge in [-0.3, -0.25) is 14.5 Å². The molecule has 2 saturated heterocycles. The van der Waals surface area contributed by atoms with Gasteiger partial charge in [-0.05, 0) is 73.4 Å². The molecule has 0 aromatic heterocycles. The van der Waals surface area contributed by atoms with E-state index in [0.29, 0.717) is 11.6 Å². The summed E-state index contributed by atoms with van der Waals surface area (Å²) in [7, 11) is 0. The van der Waals surface area contributed by atoms with Crippen LogP contribution in [0.15, 0.2) is 84.0 Å². The summed E-state index contributed by atoms with van der Waals surface area (Å²) in [6.07, 6.45) is 2.88. The second kappa shape index (κ2) is 12.7. The van der Waals surface area contributed by atoms with Crippen molar-refractivity contribution >= 4 is 34.6 Å². The van der Waals surface area contributed by atoms with E-state index < -0.39 is 6.17 Å². The second-order valence-electron chi connectivity index (χ2n) is 10.8. The highest BCUT2D eigenvalue weighted by molar-refractivity contribution is 6.44. The minimum absolute atomic E-state index is 0.0241. The molecule has 1 atom stereocenters. The van der Waals surface area contributed by atoms with E-state index in [4.69, 9.17) is 14.6 Å². The van der Waals surface area contributed by atoms with Gasteiger partial charge in [0.2, 0.25) is 0 Å². The van der Waals surface area contributed by atoms with Crippen LogP contribution in [0, 0.1) is 0 Å². The fraction of sp³-hybridized carbons (Fsp3) is 0.364. The molecule has 0 saturated carbocycles. The van der Waals surface area contributed by atoms with E-state index in [0.717, 1.165) is 74.9 Å². The number of amidine groups is 1. The Morgan fingerprint density at radius 3 is 2.14 bits per heavy atom. The Morgan fingerprint density at radius 2 is 1.48 bits per heavy atom. The number of amides is 1. The predicted octanol–water partition coefficient (Wildman–Crippen LogP) is 4.84. The molecule has 1 unspecified atom stereocenters. The van der Waals surface area contributed by atoms with Gasteiger partial charge in [0.05, 0.1) is 18.9 Å². The Labute approximate surface area is 246 Å². The van der Waals surface area contributed by atoms with E-state index in [1.165, 1.54) is 6.42 Å². The summed E-state index contributed by atoms with van der Waals surface area (Å²) in [5, 5.41) is 6.73. The lowest BCUT2D eigenvalue weighted by Gasteiger charge is -2.33. The van der Waals surface area contributed by atoms with Crippen molar-refractivity contribution in [3.63, 3.8) is 0 Å². The molecular formula is C33H37N5O4. The number of ketones is 1. The first-order valence-corrected chi connectivity index (χ1v) is 14.7. The van der Waals surface area contributed by atoms with Gasteiger partial charge in [0.1, 0.15) is 5.75 Å². The SMILES string of the molecule is CC(=O)C1=NN(c2ccccc2)C(c2ccc(OCC(=O)N3CCCCC3)cc2)N1c1ccc(N2CCOCC2)cc1. The first-order chi connectivity index (χ1) is 20.6. The van der Waals surface area contributed by atoms with Gasteiger partial charge in [-0.2, -0.15) is 0 Å². The average molecular weight is 568 g/mol. The van der Waals surface area contributed by atoms with Crippen LogP contribution in [-0.2, 0) is 14.3 Å². The van der Waals surface area contributed by atoms with Crippen molar-refractivity contribution in [2.75, 3.05) is 60.8 Å². The van der Waals surface area contributed by atoms with Gasteiger partial charge in [-0.15, -0.1) is 5.10 Å². The quantitative estimate of drug-likeness (QED) is 0.385. The molecule has 3 aromatic carbocycles. The lowest BCUT2D eigenvalue weighted by atomic mass is 10.1. The second-order valence-corrected chi connectivity index (χ2v) is 10.8. The van der Waals surface area contributed by atoms with Crippen molar-refractivity contribution in [2.24, 2.45) is 5.10 Å². The number of rotatable bonds is 8. The van der Waals surface area contributed by atoms with Crippen LogP contribution in [0.1, 0.15) is 37.9 Å². The molecule has 42 heavy (non-hydrogen) atoms. The summed E-state index contributed by atoms with van der Waals surface area (Å²) in [4.78, 5) is 31.7. The van der Waals surface area contributed by atoms with Crippen LogP contribution in [-0.4, -0.2) is 68.4 Å². The molecule has 3 heterocycles. The zero-order chi connectivity index (χ0) is 28.9. The summed E-state index contributed by atoms with van der Waals surface area (Å²) >= 11 is 0. The summed E-state index contributed by atoms with van der Waals surface area (Å²) in [6.45, 7) is 6.33. The van der Waals surface area contributed by atoms with E-state index in [1.54, 1.807) is 6.92 Å². The Balaban J connectivity index is 1.28. The molecule has 9 heteroatoms. The van der Waals surface area contributed by atoms with Crippen molar-refractivity contribution in [2.45, 2.75) is 32.4 Å². The fourth-order valence-electron chi connectivity index (χ4n) is 5.77. The third kappa shape index (κ3) is 5.97. The van der Waals surface area contributed by atoms with E-state index in [-0.39, 0.29) is 18.3 Å². The highest BCUT2D eigenvalue weighted by Gasteiger charge is 2.39. The van der Waals surface area contributed by atoms with Gasteiger partial charge in [-0.25, -0.2) is 5.01 Å². The minimum Gasteiger partial charge on any atom is -0.484 e. The number of benzene rings is 3. The van der Waals surface area contributed by atoms with E-state index in [9.17, 15) is 9.59 Å². The minimum atomic E-state index is -0.399. The van der Waals surface area contributed by atoms with Gasteiger partial charge >= 0.3 is 0 Å². The van der Waals surface area contributed by atoms with Crippen molar-refractivity contribution in [1.29, 1.82) is 0 Å². The summed E-state index contributed by atoms with van der Waals surface area (Å²) in [5.74, 6) is 0.904. The molecule has 9 nitrogen and oxygen atoms in total. The Bertz CT molecular complexity index is 1400. The van der Waals surface area contributed by atoms with Gasteiger partial charge in [0, 0.05) is 44.5 Å². The van der Waals surface area contributed by atoms with Gasteiger partial charge < -0.3 is 19.3 Å². The Hall–Kier alpha value is -4.37. The van der Waals surface area contributed by atoms with E-state index in [1.807, 2.05) is 69.4 Å². The number of hydrogen-bond acceptors (Lipinski definition) is 8. The number of carbonyl (C=O) groups excluding carboxylic acids is 2. The number of ether oxygens (including phenoxy) is 2. The fourth-order valence-corrected chi connectivity index (χ4v) is 5.77. The highest BCUT2D eigenvalue weighted by Crippen LogP contribution is 2.40. The molecule has 218 valence electrons. The number of morpholine rings is 1. The number of carbonyl (C=O) groups is 2. The molecule has 3 aromatic rings. The van der Waals surface area contributed by atoms with Crippen LogP contribution >= 0.6 is 0 Å². The maximum atomic E-state index is 13.0. The van der Waals surface area contributed by atoms with Crippen molar-refractivity contribution < 1.29 is 19.1 Å². The first kappa shape index (κ1) is 27.8. The van der Waals surface area contributed by atoms with Crippen LogP contribution in [0.2, 0.25) is 0 Å². The Kier molecular flexibility index (Phi) is 8.37. The summed E-state index contributed by atoms with van der Waals surface area (Å²) < 4.78 is 11.4. The van der Waals surface area contributed by atoms with Crippen molar-refractivity contribution in [3.05, 3.63) is 84.4 Å². The monoisotopic (exact) mass is 567 g/mol.